The predicted molar refractivity (Wildman–Crippen MR) is 36.8 cm³/mol. The smallest absolute Gasteiger partial charge is 0.252 e. The van der Waals surface area contributed by atoms with Gasteiger partial charge in [-0.05, 0) is 0 Å². The highest BCUT2D eigenvalue weighted by Gasteiger charge is 2.08. The van der Waals surface area contributed by atoms with E-state index in [1.54, 1.807) is 0 Å². The molecule has 2 N–H and O–H groups in total. The van der Waals surface area contributed by atoms with Crippen LogP contribution in [0.5, 0.6) is 0 Å². The number of hydrogen-bond donors (Lipinski definition) is 1. The molecule has 1 aromatic heterocycles. The summed E-state index contributed by atoms with van der Waals surface area (Å²) in [6.45, 7) is 0. The first kappa shape index (κ1) is 7.15. The highest BCUT2D eigenvalue weighted by Crippen LogP contribution is 2.11. The van der Waals surface area contributed by atoms with Gasteiger partial charge in [0.05, 0.1) is 17.7 Å². The van der Waals surface area contributed by atoms with E-state index in [1.165, 1.54) is 12.5 Å². The molecule has 0 aliphatic rings. The second kappa shape index (κ2) is 2.75. The van der Waals surface area contributed by atoms with Crippen LogP contribution in [0.4, 0.5) is 0 Å². The number of carbonyl (C=O) groups is 1. The third-order valence-corrected chi connectivity index (χ3v) is 1.44. The van der Waals surface area contributed by atoms with Crippen LogP contribution in [-0.2, 0) is 5.88 Å². The summed E-state index contributed by atoms with van der Waals surface area (Å²) in [5.74, 6) is -0.265. The van der Waals surface area contributed by atoms with Crippen molar-refractivity contribution in [3.05, 3.63) is 23.7 Å². The Morgan fingerprint density at radius 2 is 2.40 bits per heavy atom. The lowest BCUT2D eigenvalue weighted by Crippen LogP contribution is -2.11. The summed E-state index contributed by atoms with van der Waals surface area (Å²) >= 11 is 5.45. The Morgan fingerprint density at radius 1 is 1.70 bits per heavy atom. The van der Waals surface area contributed by atoms with Crippen molar-refractivity contribution < 1.29 is 9.21 Å². The van der Waals surface area contributed by atoms with Gasteiger partial charge >= 0.3 is 0 Å². The lowest BCUT2D eigenvalue weighted by Gasteiger charge is -1.89. The standard InChI is InChI=1S/C6H6ClNO2/c7-1-4-2-10-3-5(4)6(8)9/h2-3H,1H2,(H2,8,9). The van der Waals surface area contributed by atoms with E-state index < -0.39 is 5.91 Å². The summed E-state index contributed by atoms with van der Waals surface area (Å²) in [4.78, 5) is 10.5. The molecular formula is C6H6ClNO2. The minimum absolute atomic E-state index is 0.245. The van der Waals surface area contributed by atoms with E-state index >= 15 is 0 Å². The average Bonchev–Trinajstić information content (AvgIpc) is 2.33. The van der Waals surface area contributed by atoms with Crippen LogP contribution in [0.3, 0.4) is 0 Å². The van der Waals surface area contributed by atoms with E-state index in [2.05, 4.69) is 0 Å². The Morgan fingerprint density at radius 3 is 2.80 bits per heavy atom. The SMILES string of the molecule is NC(=O)c1cocc1CCl. The van der Waals surface area contributed by atoms with Crippen molar-refractivity contribution >= 4 is 17.5 Å². The summed E-state index contributed by atoms with van der Waals surface area (Å²) in [6.07, 6.45) is 2.70. The first-order valence-electron chi connectivity index (χ1n) is 2.66. The minimum Gasteiger partial charge on any atom is -0.471 e. The first-order chi connectivity index (χ1) is 4.75. The van der Waals surface area contributed by atoms with Crippen molar-refractivity contribution in [3.8, 4) is 0 Å². The molecule has 0 saturated heterocycles. The number of nitrogens with two attached hydrogens (primary N) is 1. The average molecular weight is 160 g/mol. The molecule has 1 amide bonds. The molecule has 0 saturated carbocycles. The molecule has 0 aliphatic carbocycles. The predicted octanol–water partition coefficient (Wildman–Crippen LogP) is 1.12. The third kappa shape index (κ3) is 1.14. The van der Waals surface area contributed by atoms with Gasteiger partial charge in [-0.2, -0.15) is 0 Å². The van der Waals surface area contributed by atoms with Gasteiger partial charge in [0.2, 0.25) is 0 Å². The molecule has 0 aliphatic heterocycles. The maximum atomic E-state index is 10.5. The molecule has 4 heteroatoms. The minimum atomic E-state index is -0.510. The molecule has 0 bridgehead atoms. The van der Waals surface area contributed by atoms with Gasteiger partial charge in [-0.3, -0.25) is 4.79 Å². The second-order valence-corrected chi connectivity index (χ2v) is 2.08. The highest BCUT2D eigenvalue weighted by molar-refractivity contribution is 6.17. The fourth-order valence-electron chi connectivity index (χ4n) is 0.643. The fraction of sp³-hybridized carbons (Fsp3) is 0.167. The lowest BCUT2D eigenvalue weighted by molar-refractivity contribution is 0.0999. The number of hydrogen-bond acceptors (Lipinski definition) is 2. The van der Waals surface area contributed by atoms with Crippen LogP contribution in [0.15, 0.2) is 16.9 Å². The number of carbonyl (C=O) groups excluding carboxylic acids is 1. The molecule has 0 aromatic carbocycles. The molecule has 10 heavy (non-hydrogen) atoms. The van der Waals surface area contributed by atoms with Crippen molar-refractivity contribution in [2.75, 3.05) is 0 Å². The molecule has 0 fully saturated rings. The largest absolute Gasteiger partial charge is 0.471 e. The van der Waals surface area contributed by atoms with Crippen molar-refractivity contribution in [3.63, 3.8) is 0 Å². The zero-order chi connectivity index (χ0) is 7.56. The first-order valence-corrected chi connectivity index (χ1v) is 3.20. The van der Waals surface area contributed by atoms with Gasteiger partial charge in [0.1, 0.15) is 6.26 Å². The molecule has 0 unspecified atom stereocenters. The van der Waals surface area contributed by atoms with E-state index in [0.717, 1.165) is 0 Å². The molecule has 1 heterocycles. The van der Waals surface area contributed by atoms with Gasteiger partial charge < -0.3 is 10.2 Å². The maximum Gasteiger partial charge on any atom is 0.252 e. The number of furan rings is 1. The fourth-order valence-corrected chi connectivity index (χ4v) is 0.850. The van der Waals surface area contributed by atoms with Crippen LogP contribution in [0, 0.1) is 0 Å². The monoisotopic (exact) mass is 159 g/mol. The summed E-state index contributed by atoms with van der Waals surface area (Å²) in [5, 5.41) is 0. The molecule has 0 radical (unpaired) electrons. The van der Waals surface area contributed by atoms with E-state index in [1.807, 2.05) is 0 Å². The van der Waals surface area contributed by atoms with Crippen LogP contribution in [0.25, 0.3) is 0 Å². The topological polar surface area (TPSA) is 56.2 Å². The molecular weight excluding hydrogens is 154 g/mol. The number of halogens is 1. The Bertz CT molecular complexity index is 244. The van der Waals surface area contributed by atoms with E-state index in [4.69, 9.17) is 21.8 Å². The highest BCUT2D eigenvalue weighted by atomic mass is 35.5. The van der Waals surface area contributed by atoms with Crippen LogP contribution in [0.1, 0.15) is 15.9 Å². The summed E-state index contributed by atoms with van der Waals surface area (Å²) in [5.41, 5.74) is 5.97. The summed E-state index contributed by atoms with van der Waals surface area (Å²) < 4.78 is 4.71. The van der Waals surface area contributed by atoms with Crippen LogP contribution >= 0.6 is 11.6 Å². The molecule has 1 rings (SSSR count). The van der Waals surface area contributed by atoms with Gasteiger partial charge in [0.15, 0.2) is 0 Å². The number of rotatable bonds is 2. The van der Waals surface area contributed by atoms with Crippen molar-refractivity contribution in [2.24, 2.45) is 5.73 Å². The Kier molecular flexibility index (Phi) is 1.97. The van der Waals surface area contributed by atoms with Crippen molar-refractivity contribution in [1.82, 2.24) is 0 Å². The van der Waals surface area contributed by atoms with Crippen molar-refractivity contribution in [1.29, 1.82) is 0 Å². The summed E-state index contributed by atoms with van der Waals surface area (Å²) in [6, 6.07) is 0. The Labute approximate surface area is 62.8 Å². The normalized spacial score (nSPS) is 9.70. The van der Waals surface area contributed by atoms with Gasteiger partial charge in [-0.25, -0.2) is 0 Å². The third-order valence-electron chi connectivity index (χ3n) is 1.15. The van der Waals surface area contributed by atoms with E-state index in [9.17, 15) is 4.79 Å². The lowest BCUT2D eigenvalue weighted by atomic mass is 10.2. The zero-order valence-corrected chi connectivity index (χ0v) is 5.89. The number of amides is 1. The number of alkyl halides is 1. The molecule has 1 aromatic rings. The van der Waals surface area contributed by atoms with Gasteiger partial charge in [0, 0.05) is 5.56 Å². The van der Waals surface area contributed by atoms with Crippen LogP contribution < -0.4 is 5.73 Å². The van der Waals surface area contributed by atoms with Gasteiger partial charge in [-0.15, -0.1) is 11.6 Å². The Balaban J connectivity index is 3.01. The quantitative estimate of drug-likeness (QED) is 0.658. The van der Waals surface area contributed by atoms with Gasteiger partial charge in [0.25, 0.3) is 5.91 Å². The second-order valence-electron chi connectivity index (χ2n) is 1.81. The van der Waals surface area contributed by atoms with Crippen molar-refractivity contribution in [2.45, 2.75) is 5.88 Å². The van der Waals surface area contributed by atoms with Crippen LogP contribution in [0.2, 0.25) is 0 Å². The van der Waals surface area contributed by atoms with Gasteiger partial charge in [-0.1, -0.05) is 0 Å². The molecule has 3 nitrogen and oxygen atoms in total. The van der Waals surface area contributed by atoms with E-state index in [-0.39, 0.29) is 5.88 Å². The van der Waals surface area contributed by atoms with E-state index in [0.29, 0.717) is 11.1 Å². The number of primary amides is 1. The molecule has 54 valence electrons. The molecule has 0 atom stereocenters. The summed E-state index contributed by atoms with van der Waals surface area (Å²) in [7, 11) is 0. The Hall–Kier alpha value is -0.960. The molecule has 0 spiro atoms. The van der Waals surface area contributed by atoms with Crippen LogP contribution in [-0.4, -0.2) is 5.91 Å². The maximum absolute atomic E-state index is 10.5. The zero-order valence-electron chi connectivity index (χ0n) is 5.13.